The largest absolute Gasteiger partial charge is 0.453 e. The summed E-state index contributed by atoms with van der Waals surface area (Å²) in [6.07, 6.45) is 3.18. The number of anilines is 1. The Bertz CT molecular complexity index is 1420. The maximum Gasteiger partial charge on any atom is 0.407 e. The molecule has 0 spiro atoms. The van der Waals surface area contributed by atoms with E-state index in [2.05, 4.69) is 27.3 Å². The fourth-order valence-electron chi connectivity index (χ4n) is 4.02. The number of rotatable bonds is 11. The van der Waals surface area contributed by atoms with Crippen molar-refractivity contribution >= 4 is 61.6 Å². The average molecular weight is 587 g/mol. The van der Waals surface area contributed by atoms with E-state index in [0.717, 1.165) is 33.2 Å². The Morgan fingerprint density at radius 1 is 1.10 bits per heavy atom. The number of nitrogens with zero attached hydrogens (tertiary/aromatic N) is 1. The molecule has 0 fully saturated rings. The zero-order chi connectivity index (χ0) is 27.8. The second kappa shape index (κ2) is 13.2. The summed E-state index contributed by atoms with van der Waals surface area (Å²) < 4.78 is 28.2. The number of thioether (sulfide) groups is 1. The quantitative estimate of drug-likeness (QED) is 0.243. The highest BCUT2D eigenvalue weighted by molar-refractivity contribution is 8.08. The molecule has 1 aromatic heterocycles. The molecule has 0 radical (unpaired) electrons. The molecule has 2 amide bonds. The first kappa shape index (κ1) is 28.7. The normalized spacial score (nSPS) is 15.9. The number of hydrogen-bond donors (Lipinski definition) is 4. The zero-order valence-electron chi connectivity index (χ0n) is 21.3. The van der Waals surface area contributed by atoms with Gasteiger partial charge in [-0.25, -0.2) is 14.0 Å². The molecular weight excluding hydrogens is 557 g/mol. The fourth-order valence-corrected chi connectivity index (χ4v) is 6.51. The number of ether oxygens (including phenoxy) is 1. The Morgan fingerprint density at radius 2 is 1.82 bits per heavy atom. The van der Waals surface area contributed by atoms with Crippen LogP contribution < -0.4 is 15.4 Å². The molecule has 9 nitrogen and oxygen atoms in total. The van der Waals surface area contributed by atoms with Crippen molar-refractivity contribution < 1.29 is 23.1 Å². The van der Waals surface area contributed by atoms with Crippen LogP contribution in [0, 0.1) is 0 Å². The van der Waals surface area contributed by atoms with Gasteiger partial charge in [-0.3, -0.25) is 14.1 Å². The van der Waals surface area contributed by atoms with Crippen molar-refractivity contribution in [3.8, 4) is 0 Å². The number of hydrogen-bond acceptors (Lipinski definition) is 7. The van der Waals surface area contributed by atoms with Gasteiger partial charge in [0.2, 0.25) is 5.91 Å². The van der Waals surface area contributed by atoms with Crippen molar-refractivity contribution in [3.05, 3.63) is 87.9 Å². The molecule has 206 valence electrons. The van der Waals surface area contributed by atoms with Gasteiger partial charge in [-0.1, -0.05) is 48.5 Å². The van der Waals surface area contributed by atoms with Gasteiger partial charge in [-0.05, 0) is 42.0 Å². The highest BCUT2D eigenvalue weighted by atomic mass is 32.2. The number of thiazole rings is 1. The smallest absolute Gasteiger partial charge is 0.407 e. The minimum absolute atomic E-state index is 0.284. The molecule has 3 unspecified atom stereocenters. The third-order valence-corrected chi connectivity index (χ3v) is 8.55. The number of aromatic nitrogens is 1. The second-order valence-corrected chi connectivity index (χ2v) is 12.3. The summed E-state index contributed by atoms with van der Waals surface area (Å²) in [7, 11) is -2.14. The lowest BCUT2D eigenvalue weighted by Gasteiger charge is -2.23. The molecule has 0 saturated heterocycles. The van der Waals surface area contributed by atoms with E-state index in [1.54, 1.807) is 23.9 Å². The summed E-state index contributed by atoms with van der Waals surface area (Å²) >= 11 is 3.29. The molecule has 1 aliphatic heterocycles. The second-order valence-electron chi connectivity index (χ2n) is 8.87. The molecule has 0 aliphatic carbocycles. The topological polar surface area (TPSA) is 130 Å². The molecule has 4 N–H and O–H groups in total. The summed E-state index contributed by atoms with van der Waals surface area (Å²) in [5.74, 6) is 3.85. The van der Waals surface area contributed by atoms with Crippen molar-refractivity contribution in [1.29, 1.82) is 0 Å². The number of carbonyl (C=O) groups is 2. The molecule has 2 heterocycles. The molecular formula is C27H30N4O5S3. The molecule has 3 atom stereocenters. The molecule has 1 aliphatic rings. The van der Waals surface area contributed by atoms with Gasteiger partial charge in [0.25, 0.3) is 0 Å². The van der Waals surface area contributed by atoms with Crippen molar-refractivity contribution in [2.24, 2.45) is 0 Å². The standard InChI is InChI=1S/C27H30N4O5S3/c1-36-27(33)30-22(16-18-7-4-3-5-8-18)25(32)28-21(23-17-38-26(29-23)24-9-6-14-37-24)15-19-10-12-20(13-11-19)31-39(2,34)35/h3-5,7-13,17,21-22H,2,6,14-16H2,1H3,(H,28,32)(H,30,33)(H2,31,34,35). The van der Waals surface area contributed by atoms with Gasteiger partial charge in [0.1, 0.15) is 11.0 Å². The Kier molecular flexibility index (Phi) is 9.68. The van der Waals surface area contributed by atoms with E-state index in [0.29, 0.717) is 17.8 Å². The van der Waals surface area contributed by atoms with Crippen LogP contribution in [0.3, 0.4) is 0 Å². The monoisotopic (exact) mass is 586 g/mol. The van der Waals surface area contributed by atoms with Gasteiger partial charge in [-0.2, -0.15) is 0 Å². The predicted molar refractivity (Wildman–Crippen MR) is 159 cm³/mol. The zero-order valence-corrected chi connectivity index (χ0v) is 23.7. The number of nitrogens with one attached hydrogen (secondary N) is 3. The minimum atomic E-state index is -3.39. The van der Waals surface area contributed by atoms with E-state index < -0.39 is 28.2 Å². The first-order valence-corrected chi connectivity index (χ1v) is 15.7. The van der Waals surface area contributed by atoms with Crippen molar-refractivity contribution in [3.63, 3.8) is 0 Å². The highest BCUT2D eigenvalue weighted by Gasteiger charge is 2.27. The molecule has 3 aromatic rings. The summed E-state index contributed by atoms with van der Waals surface area (Å²) in [6, 6.07) is 15.0. The Balaban J connectivity index is 1.58. The number of alkyl carbamates (subject to hydrolysis) is 1. The molecule has 12 heteroatoms. The Hall–Kier alpha value is -3.32. The maximum absolute atomic E-state index is 13.5. The molecule has 39 heavy (non-hydrogen) atoms. The summed E-state index contributed by atoms with van der Waals surface area (Å²) in [4.78, 5) is 31.6. The van der Waals surface area contributed by atoms with Crippen molar-refractivity contribution in [2.45, 2.75) is 31.3 Å². The SMILES string of the molecule is C=S(=O)(O)Nc1ccc(CC(NC(=O)C(Cc2ccccc2)NC(=O)OC)c2csc(C3=CCCS3)n2)cc1. The molecule has 4 rings (SSSR count). The highest BCUT2D eigenvalue weighted by Crippen LogP contribution is 2.36. The van der Waals surface area contributed by atoms with Crippen LogP contribution in [-0.2, 0) is 32.4 Å². The number of methoxy groups -OCH3 is 1. The van der Waals surface area contributed by atoms with Gasteiger partial charge >= 0.3 is 6.09 Å². The third kappa shape index (κ3) is 8.59. The van der Waals surface area contributed by atoms with E-state index in [1.807, 2.05) is 47.8 Å². The van der Waals surface area contributed by atoms with Crippen LogP contribution in [0.15, 0.2) is 66.1 Å². The number of amides is 2. The fraction of sp³-hybridized carbons (Fsp3) is 0.259. The van der Waals surface area contributed by atoms with Crippen LogP contribution in [0.25, 0.3) is 4.91 Å². The maximum atomic E-state index is 13.5. The number of benzene rings is 2. The van der Waals surface area contributed by atoms with Gasteiger partial charge in [0, 0.05) is 28.1 Å². The van der Waals surface area contributed by atoms with Crippen LogP contribution >= 0.6 is 23.1 Å². The van der Waals surface area contributed by atoms with E-state index in [-0.39, 0.29) is 12.3 Å². The lowest BCUT2D eigenvalue weighted by molar-refractivity contribution is -0.123. The van der Waals surface area contributed by atoms with Gasteiger partial charge in [0.15, 0.2) is 9.99 Å². The molecule has 0 saturated carbocycles. The number of allylic oxidation sites excluding steroid dienone is 1. The van der Waals surface area contributed by atoms with E-state index >= 15 is 0 Å². The first-order valence-electron chi connectivity index (χ1n) is 12.1. The van der Waals surface area contributed by atoms with Gasteiger partial charge in [0.05, 0.1) is 18.8 Å². The average Bonchev–Trinajstić information content (AvgIpc) is 3.61. The predicted octanol–water partition coefficient (Wildman–Crippen LogP) is 4.50. The van der Waals surface area contributed by atoms with E-state index in [9.17, 15) is 18.4 Å². The summed E-state index contributed by atoms with van der Waals surface area (Å²) in [6.45, 7) is 0. The van der Waals surface area contributed by atoms with Gasteiger partial charge in [-0.15, -0.1) is 23.1 Å². The molecule has 0 bridgehead atoms. The van der Waals surface area contributed by atoms with Crippen LogP contribution in [0.2, 0.25) is 0 Å². The summed E-state index contributed by atoms with van der Waals surface area (Å²) in [5, 5.41) is 8.59. The van der Waals surface area contributed by atoms with Crippen LogP contribution in [0.4, 0.5) is 10.5 Å². The van der Waals surface area contributed by atoms with Crippen molar-refractivity contribution in [1.82, 2.24) is 15.6 Å². The summed E-state index contributed by atoms with van der Waals surface area (Å²) in [5.41, 5.74) is 2.93. The lowest BCUT2D eigenvalue weighted by atomic mass is 10.0. The third-order valence-electron chi connectivity index (χ3n) is 5.86. The first-order chi connectivity index (χ1) is 18.7. The minimum Gasteiger partial charge on any atom is -0.453 e. The molecule has 2 aromatic carbocycles. The number of carbonyl (C=O) groups excluding carboxylic acids is 2. The van der Waals surface area contributed by atoms with Gasteiger partial charge < -0.3 is 15.4 Å². The Morgan fingerprint density at radius 3 is 2.46 bits per heavy atom. The van der Waals surface area contributed by atoms with Crippen LogP contribution in [0.5, 0.6) is 0 Å². The van der Waals surface area contributed by atoms with Crippen LogP contribution in [-0.4, -0.2) is 50.5 Å². The Labute approximate surface area is 236 Å². The lowest BCUT2D eigenvalue weighted by Crippen LogP contribution is -2.49. The van der Waals surface area contributed by atoms with Crippen molar-refractivity contribution in [2.75, 3.05) is 17.6 Å². The van der Waals surface area contributed by atoms with Crippen LogP contribution in [0.1, 0.15) is 34.3 Å². The van der Waals surface area contributed by atoms with E-state index in [4.69, 9.17) is 9.72 Å². The van der Waals surface area contributed by atoms with E-state index in [1.165, 1.54) is 18.4 Å².